The number of para-hydroxylation sites is 1. The van der Waals surface area contributed by atoms with Crippen LogP contribution in [0.3, 0.4) is 0 Å². The molecule has 4 aromatic rings. The summed E-state index contributed by atoms with van der Waals surface area (Å²) in [6, 6.07) is 22.3. The standard InChI is InChI=1S/C26H26BrN/c1-25(2)15-16-26(3,4)23-21(25)14-13-20-19-7-5-6-8-22(19)28(24(20)23)18-11-9-17(27)10-12-18/h5-14H,15-16H2,1-4H3. The van der Waals surface area contributed by atoms with Gasteiger partial charge in [-0.3, -0.25) is 0 Å². The minimum atomic E-state index is 0.159. The molecule has 0 aliphatic heterocycles. The van der Waals surface area contributed by atoms with Crippen LogP contribution in [0.4, 0.5) is 0 Å². The average molecular weight is 432 g/mol. The number of hydrogen-bond donors (Lipinski definition) is 0. The summed E-state index contributed by atoms with van der Waals surface area (Å²) < 4.78 is 3.60. The van der Waals surface area contributed by atoms with E-state index in [0.29, 0.717) is 0 Å². The maximum atomic E-state index is 3.59. The third kappa shape index (κ3) is 2.50. The molecule has 28 heavy (non-hydrogen) atoms. The van der Waals surface area contributed by atoms with E-state index < -0.39 is 0 Å². The van der Waals surface area contributed by atoms with Gasteiger partial charge >= 0.3 is 0 Å². The molecule has 0 bridgehead atoms. The molecule has 1 aliphatic carbocycles. The van der Waals surface area contributed by atoms with Crippen LogP contribution in [-0.2, 0) is 10.8 Å². The van der Waals surface area contributed by atoms with Gasteiger partial charge in [-0.2, -0.15) is 0 Å². The Labute approximate surface area is 175 Å². The van der Waals surface area contributed by atoms with Gasteiger partial charge in [0.2, 0.25) is 0 Å². The zero-order valence-corrected chi connectivity index (χ0v) is 18.6. The van der Waals surface area contributed by atoms with Crippen molar-refractivity contribution in [2.75, 3.05) is 0 Å². The smallest absolute Gasteiger partial charge is 0.0581 e. The van der Waals surface area contributed by atoms with Gasteiger partial charge < -0.3 is 4.57 Å². The Morgan fingerprint density at radius 3 is 2.18 bits per heavy atom. The van der Waals surface area contributed by atoms with Crippen molar-refractivity contribution >= 4 is 37.7 Å². The molecule has 0 saturated carbocycles. The molecule has 0 amide bonds. The Morgan fingerprint density at radius 1 is 0.750 bits per heavy atom. The molecule has 0 fully saturated rings. The van der Waals surface area contributed by atoms with Crippen LogP contribution in [0, 0.1) is 0 Å². The molecule has 0 radical (unpaired) electrons. The van der Waals surface area contributed by atoms with Gasteiger partial charge in [-0.05, 0) is 65.1 Å². The fraction of sp³-hybridized carbons (Fsp3) is 0.308. The van der Waals surface area contributed by atoms with E-state index in [1.807, 2.05) is 0 Å². The summed E-state index contributed by atoms with van der Waals surface area (Å²) in [5.74, 6) is 0. The van der Waals surface area contributed by atoms with E-state index in [4.69, 9.17) is 0 Å². The highest BCUT2D eigenvalue weighted by atomic mass is 79.9. The van der Waals surface area contributed by atoms with E-state index >= 15 is 0 Å². The molecule has 0 spiro atoms. The number of nitrogens with zero attached hydrogens (tertiary/aromatic N) is 1. The third-order valence-electron chi connectivity index (χ3n) is 6.70. The lowest BCUT2D eigenvalue weighted by molar-refractivity contribution is 0.334. The van der Waals surface area contributed by atoms with Crippen LogP contribution >= 0.6 is 15.9 Å². The summed E-state index contributed by atoms with van der Waals surface area (Å²) >= 11 is 3.59. The molecular weight excluding hydrogens is 406 g/mol. The summed E-state index contributed by atoms with van der Waals surface area (Å²) in [7, 11) is 0. The summed E-state index contributed by atoms with van der Waals surface area (Å²) in [5, 5.41) is 2.70. The van der Waals surface area contributed by atoms with Gasteiger partial charge in [0.15, 0.2) is 0 Å². The predicted octanol–water partition coefficient (Wildman–Crippen LogP) is 7.90. The first-order valence-corrected chi connectivity index (χ1v) is 10.9. The summed E-state index contributed by atoms with van der Waals surface area (Å²) in [6.07, 6.45) is 2.45. The fourth-order valence-corrected chi connectivity index (χ4v) is 5.31. The lowest BCUT2D eigenvalue weighted by atomic mass is 9.62. The Balaban J connectivity index is 2.01. The van der Waals surface area contributed by atoms with Crippen LogP contribution in [0.2, 0.25) is 0 Å². The van der Waals surface area contributed by atoms with E-state index in [9.17, 15) is 0 Å². The van der Waals surface area contributed by atoms with Crippen molar-refractivity contribution in [1.82, 2.24) is 4.57 Å². The van der Waals surface area contributed by atoms with Gasteiger partial charge in [0, 0.05) is 20.9 Å². The SMILES string of the molecule is CC1(C)CCC(C)(C)c2c1ccc1c3ccccc3n(-c3ccc(Br)cc3)c21. The molecule has 0 unspecified atom stereocenters. The Hall–Kier alpha value is -2.06. The first-order chi connectivity index (χ1) is 13.3. The highest BCUT2D eigenvalue weighted by molar-refractivity contribution is 9.10. The highest BCUT2D eigenvalue weighted by Crippen LogP contribution is 2.50. The van der Waals surface area contributed by atoms with Crippen LogP contribution in [0.5, 0.6) is 0 Å². The normalized spacial score (nSPS) is 17.8. The van der Waals surface area contributed by atoms with E-state index in [1.165, 1.54) is 51.5 Å². The predicted molar refractivity (Wildman–Crippen MR) is 124 cm³/mol. The molecule has 0 atom stereocenters. The minimum absolute atomic E-state index is 0.159. The monoisotopic (exact) mass is 431 g/mol. The largest absolute Gasteiger partial charge is 0.309 e. The molecule has 2 heteroatoms. The first-order valence-electron chi connectivity index (χ1n) is 10.1. The van der Waals surface area contributed by atoms with E-state index in [0.717, 1.165) is 4.47 Å². The Morgan fingerprint density at radius 2 is 1.43 bits per heavy atom. The van der Waals surface area contributed by atoms with Crippen molar-refractivity contribution in [3.8, 4) is 5.69 Å². The first kappa shape index (κ1) is 18.0. The average Bonchev–Trinajstić information content (AvgIpc) is 3.00. The van der Waals surface area contributed by atoms with Crippen LogP contribution in [0.1, 0.15) is 51.7 Å². The minimum Gasteiger partial charge on any atom is -0.309 e. The van der Waals surface area contributed by atoms with Gasteiger partial charge in [-0.1, -0.05) is 74.0 Å². The zero-order chi connectivity index (χ0) is 19.7. The fourth-order valence-electron chi connectivity index (χ4n) is 5.05. The molecule has 1 nitrogen and oxygen atoms in total. The van der Waals surface area contributed by atoms with Gasteiger partial charge in [-0.15, -0.1) is 0 Å². The van der Waals surface area contributed by atoms with Crippen molar-refractivity contribution in [3.05, 3.63) is 76.3 Å². The summed E-state index contributed by atoms with van der Waals surface area (Å²) in [5.41, 5.74) is 7.30. The maximum Gasteiger partial charge on any atom is 0.0581 e. The van der Waals surface area contributed by atoms with E-state index in [1.54, 1.807) is 0 Å². The number of hydrogen-bond acceptors (Lipinski definition) is 0. The van der Waals surface area contributed by atoms with Crippen molar-refractivity contribution in [1.29, 1.82) is 0 Å². The number of halogens is 1. The number of aromatic nitrogens is 1. The van der Waals surface area contributed by atoms with Crippen molar-refractivity contribution in [2.45, 2.75) is 51.4 Å². The number of rotatable bonds is 1. The molecule has 3 aromatic carbocycles. The second kappa shape index (κ2) is 5.97. The van der Waals surface area contributed by atoms with Crippen LogP contribution in [-0.4, -0.2) is 4.57 Å². The molecular formula is C26H26BrN. The van der Waals surface area contributed by atoms with Gasteiger partial charge in [0.25, 0.3) is 0 Å². The van der Waals surface area contributed by atoms with Gasteiger partial charge in [0.05, 0.1) is 11.0 Å². The molecule has 1 aliphatic rings. The summed E-state index contributed by atoms with van der Waals surface area (Å²) in [6.45, 7) is 9.65. The van der Waals surface area contributed by atoms with Gasteiger partial charge in [0.1, 0.15) is 0 Å². The summed E-state index contributed by atoms with van der Waals surface area (Å²) in [4.78, 5) is 0. The Bertz CT molecular complexity index is 1210. The highest BCUT2D eigenvalue weighted by Gasteiger charge is 2.39. The zero-order valence-electron chi connectivity index (χ0n) is 17.0. The molecule has 5 rings (SSSR count). The number of fused-ring (bicyclic) bond motifs is 5. The molecule has 0 N–H and O–H groups in total. The number of benzene rings is 3. The second-order valence-electron chi connectivity index (χ2n) is 9.48. The van der Waals surface area contributed by atoms with E-state index in [-0.39, 0.29) is 10.8 Å². The van der Waals surface area contributed by atoms with Gasteiger partial charge in [-0.25, -0.2) is 0 Å². The van der Waals surface area contributed by atoms with Crippen LogP contribution < -0.4 is 0 Å². The lowest BCUT2D eigenvalue weighted by Crippen LogP contribution is -2.34. The lowest BCUT2D eigenvalue weighted by Gasteiger charge is -2.42. The van der Waals surface area contributed by atoms with Crippen molar-refractivity contribution in [3.63, 3.8) is 0 Å². The Kier molecular flexibility index (Phi) is 3.84. The molecule has 1 heterocycles. The molecule has 142 valence electrons. The quantitative estimate of drug-likeness (QED) is 0.288. The third-order valence-corrected chi connectivity index (χ3v) is 7.23. The van der Waals surface area contributed by atoms with E-state index in [2.05, 4.69) is 109 Å². The van der Waals surface area contributed by atoms with Crippen molar-refractivity contribution in [2.24, 2.45) is 0 Å². The van der Waals surface area contributed by atoms with Crippen LogP contribution in [0.25, 0.3) is 27.5 Å². The second-order valence-corrected chi connectivity index (χ2v) is 10.4. The van der Waals surface area contributed by atoms with Crippen molar-refractivity contribution < 1.29 is 0 Å². The topological polar surface area (TPSA) is 4.93 Å². The molecule has 0 saturated heterocycles. The van der Waals surface area contributed by atoms with Crippen LogP contribution in [0.15, 0.2) is 65.1 Å². The molecule has 1 aromatic heterocycles. The maximum absolute atomic E-state index is 3.59.